The van der Waals surface area contributed by atoms with Crippen LogP contribution in [-0.4, -0.2) is 27.8 Å². The number of nitrogens with zero attached hydrogens (tertiary/aromatic N) is 2. The molecule has 1 heterocycles. The van der Waals surface area contributed by atoms with E-state index < -0.39 is 5.54 Å². The van der Waals surface area contributed by atoms with Gasteiger partial charge in [-0.2, -0.15) is 5.10 Å². The number of carbonyl (C=O) groups is 1. The van der Waals surface area contributed by atoms with Crippen molar-refractivity contribution < 1.29 is 4.79 Å². The van der Waals surface area contributed by atoms with E-state index in [-0.39, 0.29) is 5.91 Å². The van der Waals surface area contributed by atoms with Gasteiger partial charge < -0.3 is 11.1 Å². The van der Waals surface area contributed by atoms with Crippen LogP contribution in [0.15, 0.2) is 16.9 Å². The summed E-state index contributed by atoms with van der Waals surface area (Å²) in [7, 11) is 0. The molecule has 0 aromatic carbocycles. The number of nitrogens with two attached hydrogens (primary N) is 1. The molecular formula is C12H19BrN4O. The lowest BCUT2D eigenvalue weighted by molar-refractivity contribution is -0.126. The van der Waals surface area contributed by atoms with Gasteiger partial charge in [0.25, 0.3) is 0 Å². The van der Waals surface area contributed by atoms with Gasteiger partial charge in [0.1, 0.15) is 5.54 Å². The van der Waals surface area contributed by atoms with Crippen LogP contribution < -0.4 is 11.1 Å². The monoisotopic (exact) mass is 314 g/mol. The van der Waals surface area contributed by atoms with Crippen LogP contribution >= 0.6 is 15.9 Å². The fraction of sp³-hybridized carbons (Fsp3) is 0.667. The van der Waals surface area contributed by atoms with Gasteiger partial charge in [-0.15, -0.1) is 0 Å². The fourth-order valence-electron chi connectivity index (χ4n) is 2.30. The first-order valence-corrected chi connectivity index (χ1v) is 7.10. The molecule has 5 nitrogen and oxygen atoms in total. The Bertz CT molecular complexity index is 429. The Kier molecular flexibility index (Phi) is 4.07. The Hall–Kier alpha value is -0.880. The molecule has 100 valence electrons. The molecule has 1 aromatic heterocycles. The molecule has 1 saturated carbocycles. The lowest BCUT2D eigenvalue weighted by Crippen LogP contribution is -2.60. The first-order valence-electron chi connectivity index (χ1n) is 6.31. The molecule has 0 aliphatic heterocycles. The van der Waals surface area contributed by atoms with Gasteiger partial charge in [-0.05, 0) is 47.7 Å². The summed E-state index contributed by atoms with van der Waals surface area (Å²) >= 11 is 3.36. The van der Waals surface area contributed by atoms with E-state index in [1.165, 1.54) is 0 Å². The zero-order chi connectivity index (χ0) is 13.2. The van der Waals surface area contributed by atoms with E-state index in [1.807, 2.05) is 6.20 Å². The van der Waals surface area contributed by atoms with Crippen LogP contribution in [0.5, 0.6) is 0 Å². The molecule has 0 radical (unpaired) electrons. The minimum atomic E-state index is -0.651. The van der Waals surface area contributed by atoms with Gasteiger partial charge in [0.15, 0.2) is 0 Å². The van der Waals surface area contributed by atoms with E-state index in [2.05, 4.69) is 33.3 Å². The standard InChI is InChI=1S/C12H19BrN4O/c1-2-5-15-12(11(14)18,9-3-4-9)8-17-7-10(13)6-16-17/h6-7,9,15H,2-5,8H2,1H3,(H2,14,18). The third-order valence-electron chi connectivity index (χ3n) is 3.42. The van der Waals surface area contributed by atoms with Crippen molar-refractivity contribution in [3.05, 3.63) is 16.9 Å². The topological polar surface area (TPSA) is 72.9 Å². The van der Waals surface area contributed by atoms with Crippen molar-refractivity contribution in [2.24, 2.45) is 11.7 Å². The van der Waals surface area contributed by atoms with Crippen LogP contribution in [0.2, 0.25) is 0 Å². The number of nitrogens with one attached hydrogen (secondary N) is 1. The Morgan fingerprint density at radius 1 is 1.72 bits per heavy atom. The first kappa shape index (κ1) is 13.5. The van der Waals surface area contributed by atoms with Crippen LogP contribution in [0, 0.1) is 5.92 Å². The number of hydrogen-bond acceptors (Lipinski definition) is 3. The summed E-state index contributed by atoms with van der Waals surface area (Å²) < 4.78 is 2.68. The van der Waals surface area contributed by atoms with Crippen LogP contribution in [-0.2, 0) is 11.3 Å². The van der Waals surface area contributed by atoms with Gasteiger partial charge in [0, 0.05) is 6.20 Å². The van der Waals surface area contributed by atoms with Crippen LogP contribution in [0.25, 0.3) is 0 Å². The minimum absolute atomic E-state index is 0.273. The number of carbonyl (C=O) groups excluding carboxylic acids is 1. The highest BCUT2D eigenvalue weighted by molar-refractivity contribution is 9.10. The van der Waals surface area contributed by atoms with Crippen LogP contribution in [0.1, 0.15) is 26.2 Å². The molecule has 0 spiro atoms. The average molecular weight is 315 g/mol. The molecule has 3 N–H and O–H groups in total. The number of halogens is 1. The van der Waals surface area contributed by atoms with Crippen molar-refractivity contribution in [3.8, 4) is 0 Å². The zero-order valence-electron chi connectivity index (χ0n) is 10.5. The Balaban J connectivity index is 2.19. The maximum atomic E-state index is 11.9. The van der Waals surface area contributed by atoms with Crippen LogP contribution in [0.3, 0.4) is 0 Å². The van der Waals surface area contributed by atoms with Gasteiger partial charge in [-0.3, -0.25) is 9.48 Å². The summed E-state index contributed by atoms with van der Waals surface area (Å²) in [6, 6.07) is 0. The number of amides is 1. The lowest BCUT2D eigenvalue weighted by Gasteiger charge is -2.32. The third-order valence-corrected chi connectivity index (χ3v) is 3.83. The minimum Gasteiger partial charge on any atom is -0.368 e. The highest BCUT2D eigenvalue weighted by Gasteiger charge is 2.49. The van der Waals surface area contributed by atoms with Crippen LogP contribution in [0.4, 0.5) is 0 Å². The van der Waals surface area contributed by atoms with Crippen molar-refractivity contribution in [2.45, 2.75) is 38.3 Å². The maximum Gasteiger partial charge on any atom is 0.239 e. The van der Waals surface area contributed by atoms with Crippen molar-refractivity contribution in [1.29, 1.82) is 0 Å². The van der Waals surface area contributed by atoms with E-state index in [0.29, 0.717) is 12.5 Å². The zero-order valence-corrected chi connectivity index (χ0v) is 12.1. The van der Waals surface area contributed by atoms with Gasteiger partial charge in [0.05, 0.1) is 17.2 Å². The quantitative estimate of drug-likeness (QED) is 0.796. The van der Waals surface area contributed by atoms with Gasteiger partial charge in [0.2, 0.25) is 5.91 Å². The fourth-order valence-corrected chi connectivity index (χ4v) is 2.63. The first-order chi connectivity index (χ1) is 8.58. The molecule has 1 unspecified atom stereocenters. The normalized spacial score (nSPS) is 18.6. The summed E-state index contributed by atoms with van der Waals surface area (Å²) in [4.78, 5) is 11.9. The SMILES string of the molecule is CCCNC(Cn1cc(Br)cn1)(C(N)=O)C1CC1. The maximum absolute atomic E-state index is 11.9. The number of primary amides is 1. The molecule has 18 heavy (non-hydrogen) atoms. The van der Waals surface area contributed by atoms with Gasteiger partial charge in [-0.1, -0.05) is 6.92 Å². The second kappa shape index (κ2) is 5.40. The molecule has 1 fully saturated rings. The predicted molar refractivity (Wildman–Crippen MR) is 72.9 cm³/mol. The summed E-state index contributed by atoms with van der Waals surface area (Å²) in [5.41, 5.74) is 5.00. The number of hydrogen-bond donors (Lipinski definition) is 2. The molecule has 1 aliphatic carbocycles. The smallest absolute Gasteiger partial charge is 0.239 e. The van der Waals surface area contributed by atoms with Crippen molar-refractivity contribution in [2.75, 3.05) is 6.54 Å². The third kappa shape index (κ3) is 2.75. The molecule has 1 amide bonds. The highest BCUT2D eigenvalue weighted by atomic mass is 79.9. The van der Waals surface area contributed by atoms with E-state index in [4.69, 9.17) is 5.73 Å². The largest absolute Gasteiger partial charge is 0.368 e. The molecular weight excluding hydrogens is 296 g/mol. The molecule has 2 rings (SSSR count). The van der Waals surface area contributed by atoms with Crippen molar-refractivity contribution >= 4 is 21.8 Å². The van der Waals surface area contributed by atoms with Gasteiger partial charge >= 0.3 is 0 Å². The van der Waals surface area contributed by atoms with Crippen molar-refractivity contribution in [1.82, 2.24) is 15.1 Å². The second-order valence-corrected chi connectivity index (χ2v) is 5.81. The Morgan fingerprint density at radius 3 is 2.89 bits per heavy atom. The summed E-state index contributed by atoms with van der Waals surface area (Å²) in [5, 5.41) is 7.57. The summed E-state index contributed by atoms with van der Waals surface area (Å²) in [6.45, 7) is 3.37. The Labute approximate surface area is 115 Å². The molecule has 6 heteroatoms. The summed E-state index contributed by atoms with van der Waals surface area (Å²) in [6.07, 6.45) is 6.68. The van der Waals surface area contributed by atoms with E-state index in [1.54, 1.807) is 10.9 Å². The molecule has 1 aliphatic rings. The summed E-state index contributed by atoms with van der Waals surface area (Å²) in [5.74, 6) is 0.0644. The molecule has 0 saturated heterocycles. The predicted octanol–water partition coefficient (Wildman–Crippen LogP) is 1.28. The highest BCUT2D eigenvalue weighted by Crippen LogP contribution is 2.40. The molecule has 1 atom stereocenters. The molecule has 1 aromatic rings. The number of aromatic nitrogens is 2. The lowest BCUT2D eigenvalue weighted by atomic mass is 9.92. The van der Waals surface area contributed by atoms with E-state index in [0.717, 1.165) is 30.3 Å². The second-order valence-electron chi connectivity index (χ2n) is 4.89. The van der Waals surface area contributed by atoms with Crippen molar-refractivity contribution in [3.63, 3.8) is 0 Å². The molecule has 0 bridgehead atoms. The average Bonchev–Trinajstić information content (AvgIpc) is 3.09. The Morgan fingerprint density at radius 2 is 2.44 bits per heavy atom. The van der Waals surface area contributed by atoms with Gasteiger partial charge in [-0.25, -0.2) is 0 Å². The van der Waals surface area contributed by atoms with E-state index in [9.17, 15) is 4.79 Å². The number of rotatable bonds is 7. The van der Waals surface area contributed by atoms with E-state index >= 15 is 0 Å².